The molecule has 6 heteroatoms. The largest absolute Gasteiger partial charge is 0.476 e. The van der Waals surface area contributed by atoms with Crippen molar-refractivity contribution in [1.29, 1.82) is 0 Å². The summed E-state index contributed by atoms with van der Waals surface area (Å²) in [6, 6.07) is 1.44. The van der Waals surface area contributed by atoms with E-state index in [9.17, 15) is 9.59 Å². The first-order valence-corrected chi connectivity index (χ1v) is 6.61. The number of piperidine rings is 1. The maximum Gasteiger partial charge on any atom is 0.356 e. The Morgan fingerprint density at radius 3 is 2.95 bits per heavy atom. The summed E-state index contributed by atoms with van der Waals surface area (Å²) in [6.45, 7) is 4.25. The van der Waals surface area contributed by atoms with E-state index >= 15 is 0 Å². The SMILES string of the molecule is CC1CCCN(C(=O)CCn2ccc(C(=O)O)n2)C1. The molecule has 0 radical (unpaired) electrons. The van der Waals surface area contributed by atoms with Gasteiger partial charge in [0.15, 0.2) is 5.69 Å². The van der Waals surface area contributed by atoms with E-state index in [1.165, 1.54) is 17.2 Å². The van der Waals surface area contributed by atoms with E-state index in [0.29, 0.717) is 18.9 Å². The summed E-state index contributed by atoms with van der Waals surface area (Å²) in [4.78, 5) is 24.6. The summed E-state index contributed by atoms with van der Waals surface area (Å²) in [5, 5.41) is 12.6. The van der Waals surface area contributed by atoms with Gasteiger partial charge in [0, 0.05) is 32.3 Å². The third-order valence-corrected chi connectivity index (χ3v) is 3.42. The van der Waals surface area contributed by atoms with Crippen molar-refractivity contribution in [2.45, 2.75) is 32.7 Å². The molecule has 1 atom stereocenters. The molecule has 0 aromatic carbocycles. The quantitative estimate of drug-likeness (QED) is 0.888. The van der Waals surface area contributed by atoms with Gasteiger partial charge in [-0.3, -0.25) is 9.48 Å². The number of likely N-dealkylation sites (tertiary alicyclic amines) is 1. The number of hydrogen-bond acceptors (Lipinski definition) is 3. The summed E-state index contributed by atoms with van der Waals surface area (Å²) < 4.78 is 1.51. The molecule has 1 aliphatic heterocycles. The molecule has 0 bridgehead atoms. The van der Waals surface area contributed by atoms with Gasteiger partial charge in [0.1, 0.15) is 0 Å². The lowest BCUT2D eigenvalue weighted by atomic mass is 10.00. The number of rotatable bonds is 4. The molecule has 6 nitrogen and oxygen atoms in total. The lowest BCUT2D eigenvalue weighted by Gasteiger charge is -2.31. The van der Waals surface area contributed by atoms with Gasteiger partial charge in [-0.15, -0.1) is 0 Å². The van der Waals surface area contributed by atoms with Gasteiger partial charge >= 0.3 is 5.97 Å². The average Bonchev–Trinajstić information content (AvgIpc) is 2.85. The molecule has 2 rings (SSSR count). The summed E-state index contributed by atoms with van der Waals surface area (Å²) in [6.07, 6.45) is 4.21. The molecule has 0 saturated carbocycles. The average molecular weight is 265 g/mol. The summed E-state index contributed by atoms with van der Waals surface area (Å²) in [7, 11) is 0. The summed E-state index contributed by atoms with van der Waals surface area (Å²) in [5.41, 5.74) is 0.0130. The highest BCUT2D eigenvalue weighted by Crippen LogP contribution is 2.16. The van der Waals surface area contributed by atoms with Crippen LogP contribution in [0.3, 0.4) is 0 Å². The Labute approximate surface area is 112 Å². The number of carbonyl (C=O) groups is 2. The Morgan fingerprint density at radius 2 is 2.32 bits per heavy atom. The normalized spacial score (nSPS) is 19.4. The first-order valence-electron chi connectivity index (χ1n) is 6.61. The molecule has 1 fully saturated rings. The first kappa shape index (κ1) is 13.6. The number of amides is 1. The number of carboxylic acid groups (broad SMARTS) is 1. The molecule has 1 aromatic rings. The molecule has 0 spiro atoms. The molecule has 1 amide bonds. The molecular formula is C13H19N3O3. The standard InChI is InChI=1S/C13H19N3O3/c1-10-3-2-6-15(9-10)12(17)5-8-16-7-4-11(14-16)13(18)19/h4,7,10H,2-3,5-6,8-9H2,1H3,(H,18,19). The van der Waals surface area contributed by atoms with E-state index in [2.05, 4.69) is 12.0 Å². The van der Waals surface area contributed by atoms with Crippen LogP contribution in [0.1, 0.15) is 36.7 Å². The monoisotopic (exact) mass is 265 g/mol. The van der Waals surface area contributed by atoms with Crippen LogP contribution >= 0.6 is 0 Å². The predicted molar refractivity (Wildman–Crippen MR) is 68.8 cm³/mol. The van der Waals surface area contributed by atoms with Crippen LogP contribution in [0.25, 0.3) is 0 Å². The highest BCUT2D eigenvalue weighted by Gasteiger charge is 2.20. The molecule has 19 heavy (non-hydrogen) atoms. The number of carbonyl (C=O) groups excluding carboxylic acids is 1. The second kappa shape index (κ2) is 5.86. The van der Waals surface area contributed by atoms with Crippen LogP contribution in [0.2, 0.25) is 0 Å². The Kier molecular flexibility index (Phi) is 4.19. The van der Waals surface area contributed by atoms with E-state index in [4.69, 9.17) is 5.11 Å². The van der Waals surface area contributed by atoms with Gasteiger partial charge in [-0.05, 0) is 24.8 Å². The van der Waals surface area contributed by atoms with Crippen LogP contribution in [0.5, 0.6) is 0 Å². The van der Waals surface area contributed by atoms with Crippen molar-refractivity contribution in [3.05, 3.63) is 18.0 Å². The second-order valence-electron chi connectivity index (χ2n) is 5.11. The minimum absolute atomic E-state index is 0.0130. The number of carboxylic acids is 1. The minimum atomic E-state index is -1.05. The zero-order valence-electron chi connectivity index (χ0n) is 11.1. The zero-order valence-corrected chi connectivity index (χ0v) is 11.1. The van der Waals surface area contributed by atoms with E-state index < -0.39 is 5.97 Å². The highest BCUT2D eigenvalue weighted by atomic mass is 16.4. The van der Waals surface area contributed by atoms with Gasteiger partial charge in [-0.25, -0.2) is 4.79 Å². The third-order valence-electron chi connectivity index (χ3n) is 3.42. The fourth-order valence-corrected chi connectivity index (χ4v) is 2.38. The van der Waals surface area contributed by atoms with Crippen molar-refractivity contribution < 1.29 is 14.7 Å². The van der Waals surface area contributed by atoms with Gasteiger partial charge in [-0.2, -0.15) is 5.10 Å². The topological polar surface area (TPSA) is 75.4 Å². The molecule has 1 N–H and O–H groups in total. The van der Waals surface area contributed by atoms with Gasteiger partial charge in [0.2, 0.25) is 5.91 Å². The molecule has 104 valence electrons. The third kappa shape index (κ3) is 3.56. The molecule has 1 unspecified atom stereocenters. The highest BCUT2D eigenvalue weighted by molar-refractivity contribution is 5.85. The summed E-state index contributed by atoms with van der Waals surface area (Å²) >= 11 is 0. The van der Waals surface area contributed by atoms with E-state index in [1.54, 1.807) is 6.20 Å². The van der Waals surface area contributed by atoms with Crippen molar-refractivity contribution in [2.75, 3.05) is 13.1 Å². The maximum atomic E-state index is 12.0. The van der Waals surface area contributed by atoms with Gasteiger partial charge < -0.3 is 10.0 Å². The Morgan fingerprint density at radius 1 is 1.53 bits per heavy atom. The molecule has 1 aromatic heterocycles. The number of aromatic nitrogens is 2. The van der Waals surface area contributed by atoms with E-state index in [0.717, 1.165) is 19.5 Å². The zero-order chi connectivity index (χ0) is 13.8. The lowest BCUT2D eigenvalue weighted by Crippen LogP contribution is -2.39. The van der Waals surface area contributed by atoms with Gasteiger partial charge in [0.05, 0.1) is 0 Å². The maximum absolute atomic E-state index is 12.0. The summed E-state index contributed by atoms with van der Waals surface area (Å²) in [5.74, 6) is -0.352. The van der Waals surface area contributed by atoms with E-state index in [1.807, 2.05) is 4.90 Å². The molecule has 2 heterocycles. The Balaban J connectivity index is 1.84. The van der Waals surface area contributed by atoms with Crippen molar-refractivity contribution in [3.8, 4) is 0 Å². The van der Waals surface area contributed by atoms with Crippen LogP contribution in [0.15, 0.2) is 12.3 Å². The first-order chi connectivity index (χ1) is 9.06. The van der Waals surface area contributed by atoms with Gasteiger partial charge in [-0.1, -0.05) is 6.92 Å². The van der Waals surface area contributed by atoms with Crippen molar-refractivity contribution >= 4 is 11.9 Å². The number of hydrogen-bond donors (Lipinski definition) is 1. The number of aryl methyl sites for hydroxylation is 1. The number of nitrogens with zero attached hydrogens (tertiary/aromatic N) is 3. The second-order valence-corrected chi connectivity index (χ2v) is 5.11. The molecule has 0 aliphatic carbocycles. The van der Waals surface area contributed by atoms with Crippen molar-refractivity contribution in [1.82, 2.24) is 14.7 Å². The predicted octanol–water partition coefficient (Wildman–Crippen LogP) is 1.23. The fraction of sp³-hybridized carbons (Fsp3) is 0.615. The van der Waals surface area contributed by atoms with Crippen molar-refractivity contribution in [2.24, 2.45) is 5.92 Å². The molecule has 1 saturated heterocycles. The smallest absolute Gasteiger partial charge is 0.356 e. The lowest BCUT2D eigenvalue weighted by molar-refractivity contribution is -0.133. The number of aromatic carboxylic acids is 1. The van der Waals surface area contributed by atoms with Crippen LogP contribution in [-0.2, 0) is 11.3 Å². The molecule has 1 aliphatic rings. The van der Waals surface area contributed by atoms with Crippen molar-refractivity contribution in [3.63, 3.8) is 0 Å². The van der Waals surface area contributed by atoms with Crippen LogP contribution in [0, 0.1) is 5.92 Å². The Bertz CT molecular complexity index is 469. The minimum Gasteiger partial charge on any atom is -0.476 e. The molecular weight excluding hydrogens is 246 g/mol. The van der Waals surface area contributed by atoms with Crippen LogP contribution in [-0.4, -0.2) is 44.8 Å². The fourth-order valence-electron chi connectivity index (χ4n) is 2.38. The van der Waals surface area contributed by atoms with Gasteiger partial charge in [0.25, 0.3) is 0 Å². The van der Waals surface area contributed by atoms with Crippen LogP contribution < -0.4 is 0 Å². The van der Waals surface area contributed by atoms with E-state index in [-0.39, 0.29) is 11.6 Å². The van der Waals surface area contributed by atoms with Crippen LogP contribution in [0.4, 0.5) is 0 Å². The Hall–Kier alpha value is -1.85.